The van der Waals surface area contributed by atoms with E-state index in [0.29, 0.717) is 0 Å². The fraction of sp³-hybridized carbons (Fsp3) is 1.00. The largest absolute Gasteiger partial charge is 0.304 e. The van der Waals surface area contributed by atoms with Crippen molar-refractivity contribution in [1.29, 1.82) is 0 Å². The van der Waals surface area contributed by atoms with Crippen molar-refractivity contribution in [1.82, 2.24) is 4.90 Å². The highest BCUT2D eigenvalue weighted by Gasteiger charge is 2.35. The minimum atomic E-state index is 0.964. The maximum absolute atomic E-state index is 2.57. The van der Waals surface area contributed by atoms with E-state index in [4.69, 9.17) is 0 Å². The Morgan fingerprint density at radius 2 is 1.65 bits per heavy atom. The van der Waals surface area contributed by atoms with Gasteiger partial charge in [-0.3, -0.25) is 0 Å². The van der Waals surface area contributed by atoms with Gasteiger partial charge in [0.1, 0.15) is 0 Å². The van der Waals surface area contributed by atoms with Crippen molar-refractivity contribution < 1.29 is 0 Å². The number of hydrogen-bond donors (Lipinski definition) is 0. The zero-order valence-electron chi connectivity index (χ0n) is 12.7. The van der Waals surface area contributed by atoms with Gasteiger partial charge in [0, 0.05) is 0 Å². The Kier molecular flexibility index (Phi) is 6.54. The van der Waals surface area contributed by atoms with Crippen LogP contribution in [0, 0.1) is 23.7 Å². The molecule has 0 saturated heterocycles. The molecule has 1 saturated carbocycles. The van der Waals surface area contributed by atoms with Gasteiger partial charge in [-0.05, 0) is 62.6 Å². The third kappa shape index (κ3) is 4.28. The van der Waals surface area contributed by atoms with E-state index in [2.05, 4.69) is 39.5 Å². The highest BCUT2D eigenvalue weighted by Crippen LogP contribution is 2.44. The van der Waals surface area contributed by atoms with Crippen molar-refractivity contribution in [2.24, 2.45) is 23.7 Å². The van der Waals surface area contributed by atoms with Gasteiger partial charge in [0.05, 0.1) is 0 Å². The molecule has 1 aliphatic carbocycles. The molecule has 17 heavy (non-hydrogen) atoms. The summed E-state index contributed by atoms with van der Waals surface area (Å²) in [4.78, 5) is 2.57. The van der Waals surface area contributed by atoms with Crippen LogP contribution in [0.5, 0.6) is 0 Å². The van der Waals surface area contributed by atoms with Crippen molar-refractivity contribution in [2.75, 3.05) is 19.6 Å². The Bertz CT molecular complexity index is 190. The lowest BCUT2D eigenvalue weighted by Crippen LogP contribution is -2.35. The molecule has 3 atom stereocenters. The minimum absolute atomic E-state index is 0.964. The molecule has 0 aromatic heterocycles. The van der Waals surface area contributed by atoms with E-state index < -0.39 is 0 Å². The second kappa shape index (κ2) is 7.41. The third-order valence-electron chi connectivity index (χ3n) is 5.14. The van der Waals surface area contributed by atoms with Gasteiger partial charge in [0.15, 0.2) is 0 Å². The molecule has 1 fully saturated rings. The van der Waals surface area contributed by atoms with Crippen LogP contribution in [-0.2, 0) is 0 Å². The predicted octanol–water partition coefficient (Wildman–Crippen LogP) is 4.43. The molecule has 1 heteroatoms. The average Bonchev–Trinajstić information content (AvgIpc) is 2.34. The van der Waals surface area contributed by atoms with E-state index in [1.54, 1.807) is 0 Å². The van der Waals surface area contributed by atoms with Crippen molar-refractivity contribution in [2.45, 2.75) is 60.3 Å². The smallest absolute Gasteiger partial charge is 0.00163 e. The van der Waals surface area contributed by atoms with E-state index in [0.717, 1.165) is 23.7 Å². The molecule has 0 amide bonds. The summed E-state index contributed by atoms with van der Waals surface area (Å²) in [7, 11) is 0. The highest BCUT2D eigenvalue weighted by atomic mass is 15.1. The minimum Gasteiger partial charge on any atom is -0.304 e. The first-order chi connectivity index (χ1) is 8.12. The quantitative estimate of drug-likeness (QED) is 0.606. The van der Waals surface area contributed by atoms with Crippen LogP contribution in [0.15, 0.2) is 0 Å². The molecule has 0 spiro atoms. The zero-order chi connectivity index (χ0) is 12.8. The highest BCUT2D eigenvalue weighted by molar-refractivity contribution is 4.85. The fourth-order valence-corrected chi connectivity index (χ4v) is 3.54. The van der Waals surface area contributed by atoms with E-state index in [1.165, 1.54) is 45.3 Å². The lowest BCUT2D eigenvalue weighted by atomic mass is 9.63. The number of nitrogens with zero attached hydrogens (tertiary/aromatic N) is 1. The number of rotatable bonds is 8. The molecule has 0 radical (unpaired) electrons. The molecule has 1 rings (SSSR count). The summed E-state index contributed by atoms with van der Waals surface area (Å²) in [6, 6.07) is 0. The molecular formula is C16H33N. The van der Waals surface area contributed by atoms with E-state index >= 15 is 0 Å². The van der Waals surface area contributed by atoms with Gasteiger partial charge >= 0.3 is 0 Å². The van der Waals surface area contributed by atoms with Gasteiger partial charge in [-0.25, -0.2) is 0 Å². The molecule has 1 aliphatic rings. The van der Waals surface area contributed by atoms with Crippen LogP contribution in [-0.4, -0.2) is 24.5 Å². The lowest BCUT2D eigenvalue weighted by molar-refractivity contribution is 0.0700. The Labute approximate surface area is 109 Å². The van der Waals surface area contributed by atoms with Crippen molar-refractivity contribution in [3.63, 3.8) is 0 Å². The second-order valence-electron chi connectivity index (χ2n) is 6.18. The van der Waals surface area contributed by atoms with Crippen LogP contribution in [0.1, 0.15) is 60.3 Å². The molecule has 102 valence electrons. The summed E-state index contributed by atoms with van der Waals surface area (Å²) in [5.74, 6) is 3.97. The summed E-state index contributed by atoms with van der Waals surface area (Å²) >= 11 is 0. The van der Waals surface area contributed by atoms with Crippen LogP contribution >= 0.6 is 0 Å². The molecule has 3 unspecified atom stereocenters. The number of hydrogen-bond acceptors (Lipinski definition) is 1. The van der Waals surface area contributed by atoms with Gasteiger partial charge in [-0.1, -0.05) is 41.0 Å². The SMILES string of the molecule is CCC(CCN(CC)CC)CC1C(C)CC1C. The van der Waals surface area contributed by atoms with Crippen LogP contribution < -0.4 is 0 Å². The first kappa shape index (κ1) is 15.0. The van der Waals surface area contributed by atoms with Gasteiger partial charge in [-0.2, -0.15) is 0 Å². The summed E-state index contributed by atoms with van der Waals surface area (Å²) in [5, 5.41) is 0. The van der Waals surface area contributed by atoms with Crippen molar-refractivity contribution in [3.8, 4) is 0 Å². The molecule has 0 aromatic rings. The molecule has 0 heterocycles. The normalized spacial score (nSPS) is 30.4. The van der Waals surface area contributed by atoms with E-state index in [9.17, 15) is 0 Å². The molecule has 0 N–H and O–H groups in total. The summed E-state index contributed by atoms with van der Waals surface area (Å²) in [6.45, 7) is 15.6. The van der Waals surface area contributed by atoms with Gasteiger partial charge in [0.25, 0.3) is 0 Å². The van der Waals surface area contributed by atoms with E-state index in [1.807, 2.05) is 0 Å². The Balaban J connectivity index is 2.28. The molecule has 0 aromatic carbocycles. The standard InChI is InChI=1S/C16H33N/c1-6-15(9-10-17(7-2)8-3)12-16-13(4)11-14(16)5/h13-16H,6-12H2,1-5H3. The predicted molar refractivity (Wildman–Crippen MR) is 77.2 cm³/mol. The van der Waals surface area contributed by atoms with Crippen LogP contribution in [0.2, 0.25) is 0 Å². The van der Waals surface area contributed by atoms with Crippen molar-refractivity contribution in [3.05, 3.63) is 0 Å². The maximum Gasteiger partial charge on any atom is -0.00163 e. The van der Waals surface area contributed by atoms with Crippen LogP contribution in [0.25, 0.3) is 0 Å². The molecule has 0 bridgehead atoms. The second-order valence-corrected chi connectivity index (χ2v) is 6.18. The average molecular weight is 239 g/mol. The summed E-state index contributed by atoms with van der Waals surface area (Å²) < 4.78 is 0. The topological polar surface area (TPSA) is 3.24 Å². The van der Waals surface area contributed by atoms with Crippen LogP contribution in [0.3, 0.4) is 0 Å². The lowest BCUT2D eigenvalue weighted by Gasteiger charge is -2.43. The Hall–Kier alpha value is -0.0400. The Morgan fingerprint density at radius 1 is 1.06 bits per heavy atom. The van der Waals surface area contributed by atoms with Crippen molar-refractivity contribution >= 4 is 0 Å². The fourth-order valence-electron chi connectivity index (χ4n) is 3.54. The van der Waals surface area contributed by atoms with Crippen LogP contribution in [0.4, 0.5) is 0 Å². The zero-order valence-corrected chi connectivity index (χ0v) is 12.7. The Morgan fingerprint density at radius 3 is 2.06 bits per heavy atom. The first-order valence-corrected chi connectivity index (χ1v) is 7.84. The molecule has 0 aliphatic heterocycles. The monoisotopic (exact) mass is 239 g/mol. The maximum atomic E-state index is 2.57. The first-order valence-electron chi connectivity index (χ1n) is 7.84. The summed E-state index contributed by atoms with van der Waals surface area (Å²) in [5.41, 5.74) is 0. The molecular weight excluding hydrogens is 206 g/mol. The van der Waals surface area contributed by atoms with Gasteiger partial charge in [0.2, 0.25) is 0 Å². The molecule has 1 nitrogen and oxygen atoms in total. The van der Waals surface area contributed by atoms with E-state index in [-0.39, 0.29) is 0 Å². The van der Waals surface area contributed by atoms with Gasteiger partial charge in [-0.15, -0.1) is 0 Å². The van der Waals surface area contributed by atoms with Gasteiger partial charge < -0.3 is 4.90 Å². The summed E-state index contributed by atoms with van der Waals surface area (Å²) in [6.07, 6.45) is 5.74. The third-order valence-corrected chi connectivity index (χ3v) is 5.14.